The third-order valence-corrected chi connectivity index (χ3v) is 9.19. The van der Waals surface area contributed by atoms with E-state index < -0.39 is 31.1 Å². The lowest BCUT2D eigenvalue weighted by Gasteiger charge is -2.21. The summed E-state index contributed by atoms with van der Waals surface area (Å²) in [5, 5.41) is 33.9. The van der Waals surface area contributed by atoms with Crippen molar-refractivity contribution >= 4 is 61.9 Å². The van der Waals surface area contributed by atoms with Gasteiger partial charge >= 0.3 is 0 Å². The number of aliphatic hydroxyl groups excluding tert-OH is 3. The van der Waals surface area contributed by atoms with Crippen LogP contribution in [0.3, 0.4) is 0 Å². The average molecular weight is 535 g/mol. The molecular weight excluding hydrogens is 512 g/mol. The maximum atomic E-state index is 10.5. The normalized spacial score (nSPS) is 28.9. The highest BCUT2D eigenvalue weighted by Crippen LogP contribution is 2.40. The predicted molar refractivity (Wildman–Crippen MR) is 134 cm³/mol. The van der Waals surface area contributed by atoms with Crippen molar-refractivity contribution in [3.8, 4) is 0 Å². The van der Waals surface area contributed by atoms with E-state index in [9.17, 15) is 15.3 Å². The Morgan fingerprint density at radius 3 is 2.83 bits per heavy atom. The number of imidazole rings is 1. The molecule has 2 fully saturated rings. The highest BCUT2D eigenvalue weighted by molar-refractivity contribution is 8.01. The molecule has 0 amide bonds. The van der Waals surface area contributed by atoms with Gasteiger partial charge in [-0.15, -0.1) is 11.3 Å². The first-order chi connectivity index (χ1) is 17.0. The molecule has 3 aromatic heterocycles. The smallest absolute Gasteiger partial charge is 0.226 e. The number of aliphatic hydroxyl groups is 3. The Labute approximate surface area is 213 Å². The number of anilines is 1. The van der Waals surface area contributed by atoms with Gasteiger partial charge < -0.3 is 25.4 Å². The molecule has 1 aromatic carbocycles. The number of aromatic nitrogens is 5. The molecule has 184 valence electrons. The Kier molecular flexibility index (Phi) is 6.29. The zero-order valence-electron chi connectivity index (χ0n) is 18.4. The highest BCUT2D eigenvalue weighted by Gasteiger charge is 2.44. The summed E-state index contributed by atoms with van der Waals surface area (Å²) >= 11 is 9.75. The van der Waals surface area contributed by atoms with E-state index in [4.69, 9.17) is 21.3 Å². The number of nitrogens with zero attached hydrogens (tertiary/aromatic N) is 5. The first-order valence-electron chi connectivity index (χ1n) is 11.3. The van der Waals surface area contributed by atoms with E-state index in [0.29, 0.717) is 22.2 Å². The second kappa shape index (κ2) is 9.43. The molecule has 4 aromatic rings. The van der Waals surface area contributed by atoms with Gasteiger partial charge in [-0.05, 0) is 36.6 Å². The molecule has 4 unspecified atom stereocenters. The Hall–Kier alpha value is -2.06. The summed E-state index contributed by atoms with van der Waals surface area (Å²) in [5.74, 6) is 0.507. The van der Waals surface area contributed by atoms with E-state index in [2.05, 4.69) is 26.3 Å². The number of halogens is 1. The Balaban J connectivity index is 1.26. The molecule has 10 nitrogen and oxygen atoms in total. The standard InChI is InChI=1S/C22H23ClN6O4S2/c23-21-27-18(15-19(28-21)29(9-24-15)20-17(32)16(31)12(8-30)33-20)25-10-5-3-7-14(10)35-22-26-11-4-1-2-6-13(11)34-22/h1-2,4,6,9-10,12,14,16-17,20,30-32H,3,5,7-8H2,(H,25,27,28)/t10?,12-,14?,16?,17?,20-/m1/s1. The molecule has 2 aliphatic rings. The Morgan fingerprint density at radius 1 is 1.17 bits per heavy atom. The molecule has 35 heavy (non-hydrogen) atoms. The molecule has 6 atom stereocenters. The zero-order chi connectivity index (χ0) is 24.1. The summed E-state index contributed by atoms with van der Waals surface area (Å²) in [6, 6.07) is 8.28. The molecule has 6 rings (SSSR count). The molecule has 4 heterocycles. The number of para-hydroxylation sites is 1. The Bertz CT molecular complexity index is 1340. The van der Waals surface area contributed by atoms with Gasteiger partial charge in [0.15, 0.2) is 27.5 Å². The van der Waals surface area contributed by atoms with Crippen LogP contribution in [0.1, 0.15) is 25.5 Å². The number of fused-ring (bicyclic) bond motifs is 2. The van der Waals surface area contributed by atoms with Crippen molar-refractivity contribution < 1.29 is 20.1 Å². The number of hydrogen-bond donors (Lipinski definition) is 4. The van der Waals surface area contributed by atoms with Gasteiger partial charge in [0.1, 0.15) is 18.3 Å². The van der Waals surface area contributed by atoms with Crippen LogP contribution in [0.4, 0.5) is 5.82 Å². The van der Waals surface area contributed by atoms with Crippen molar-refractivity contribution in [3.63, 3.8) is 0 Å². The van der Waals surface area contributed by atoms with Crippen molar-refractivity contribution in [2.75, 3.05) is 11.9 Å². The van der Waals surface area contributed by atoms with Crippen molar-refractivity contribution in [3.05, 3.63) is 35.9 Å². The van der Waals surface area contributed by atoms with E-state index in [1.54, 1.807) is 23.1 Å². The van der Waals surface area contributed by atoms with Crippen LogP contribution >= 0.6 is 34.7 Å². The van der Waals surface area contributed by atoms with Crippen molar-refractivity contribution in [2.24, 2.45) is 0 Å². The monoisotopic (exact) mass is 534 g/mol. The van der Waals surface area contributed by atoms with Gasteiger partial charge in [0.25, 0.3) is 0 Å². The molecule has 4 N–H and O–H groups in total. The Morgan fingerprint density at radius 2 is 2.03 bits per heavy atom. The average Bonchev–Trinajstić information content (AvgIpc) is 3.62. The lowest BCUT2D eigenvalue weighted by atomic mass is 10.1. The van der Waals surface area contributed by atoms with E-state index in [-0.39, 0.29) is 11.3 Å². The van der Waals surface area contributed by atoms with Gasteiger partial charge in [-0.1, -0.05) is 30.3 Å². The molecule has 0 spiro atoms. The fraction of sp³-hybridized carbons (Fsp3) is 0.455. The van der Waals surface area contributed by atoms with Gasteiger partial charge in [0.05, 0.1) is 23.2 Å². The fourth-order valence-electron chi connectivity index (χ4n) is 4.73. The number of thiazole rings is 1. The number of thioether (sulfide) groups is 1. The molecule has 1 saturated carbocycles. The SMILES string of the molecule is OC[C@H]1O[C@@H](n2cnc3c(NC4CCCC4Sc4nc5ccccc5s4)nc(Cl)nc32)C(O)C1O. The lowest BCUT2D eigenvalue weighted by Crippen LogP contribution is -2.33. The summed E-state index contributed by atoms with van der Waals surface area (Å²) in [7, 11) is 0. The van der Waals surface area contributed by atoms with Crippen molar-refractivity contribution in [1.82, 2.24) is 24.5 Å². The van der Waals surface area contributed by atoms with Crippen LogP contribution in [0.25, 0.3) is 21.4 Å². The maximum absolute atomic E-state index is 10.5. The largest absolute Gasteiger partial charge is 0.394 e. The van der Waals surface area contributed by atoms with Gasteiger partial charge in [-0.2, -0.15) is 9.97 Å². The minimum atomic E-state index is -1.25. The molecule has 0 radical (unpaired) electrons. The minimum absolute atomic E-state index is 0.0295. The van der Waals surface area contributed by atoms with E-state index >= 15 is 0 Å². The number of hydrogen-bond acceptors (Lipinski definition) is 11. The van der Waals surface area contributed by atoms with Crippen LogP contribution < -0.4 is 5.32 Å². The third kappa shape index (κ3) is 4.26. The van der Waals surface area contributed by atoms with E-state index in [1.165, 1.54) is 15.6 Å². The number of benzene rings is 1. The highest BCUT2D eigenvalue weighted by atomic mass is 35.5. The third-order valence-electron chi connectivity index (χ3n) is 6.49. The maximum Gasteiger partial charge on any atom is 0.226 e. The first kappa shape index (κ1) is 23.3. The fourth-order valence-corrected chi connectivity index (χ4v) is 7.48. The second-order valence-electron chi connectivity index (χ2n) is 8.68. The summed E-state index contributed by atoms with van der Waals surface area (Å²) in [6.07, 6.45) is 0.247. The van der Waals surface area contributed by atoms with E-state index in [1.807, 2.05) is 18.2 Å². The van der Waals surface area contributed by atoms with Crippen LogP contribution in [-0.4, -0.2) is 76.0 Å². The number of rotatable bonds is 6. The number of nitrogens with one attached hydrogen (secondary N) is 1. The van der Waals surface area contributed by atoms with E-state index in [0.717, 1.165) is 29.1 Å². The van der Waals surface area contributed by atoms with Crippen LogP contribution in [0.15, 0.2) is 34.9 Å². The summed E-state index contributed by atoms with van der Waals surface area (Å²) in [6.45, 7) is -0.417. The first-order valence-corrected chi connectivity index (χ1v) is 13.4. The van der Waals surface area contributed by atoms with Crippen LogP contribution in [0.2, 0.25) is 5.28 Å². The summed E-state index contributed by atoms with van der Waals surface area (Å²) < 4.78 is 9.39. The predicted octanol–water partition coefficient (Wildman–Crippen LogP) is 2.83. The summed E-state index contributed by atoms with van der Waals surface area (Å²) in [5.41, 5.74) is 1.88. The zero-order valence-corrected chi connectivity index (χ0v) is 20.7. The van der Waals surface area contributed by atoms with Gasteiger partial charge in [-0.3, -0.25) is 4.57 Å². The lowest BCUT2D eigenvalue weighted by molar-refractivity contribution is -0.0511. The quantitative estimate of drug-likeness (QED) is 0.273. The molecule has 1 aliphatic carbocycles. The van der Waals surface area contributed by atoms with Crippen molar-refractivity contribution in [1.29, 1.82) is 0 Å². The second-order valence-corrected chi connectivity index (χ2v) is 11.5. The number of ether oxygens (including phenoxy) is 1. The van der Waals surface area contributed by atoms with Gasteiger partial charge in [0.2, 0.25) is 5.28 Å². The van der Waals surface area contributed by atoms with Crippen LogP contribution in [-0.2, 0) is 4.74 Å². The molecule has 1 saturated heterocycles. The van der Waals surface area contributed by atoms with Crippen molar-refractivity contribution in [2.45, 2.75) is 59.4 Å². The topological polar surface area (TPSA) is 138 Å². The molecule has 0 bridgehead atoms. The molecular formula is C22H23ClN6O4S2. The summed E-state index contributed by atoms with van der Waals surface area (Å²) in [4.78, 5) is 17.9. The molecule has 13 heteroatoms. The minimum Gasteiger partial charge on any atom is -0.394 e. The van der Waals surface area contributed by atoms with Gasteiger partial charge in [0, 0.05) is 11.3 Å². The van der Waals surface area contributed by atoms with Crippen LogP contribution in [0, 0.1) is 0 Å². The van der Waals surface area contributed by atoms with Crippen LogP contribution in [0.5, 0.6) is 0 Å². The van der Waals surface area contributed by atoms with Gasteiger partial charge in [-0.25, -0.2) is 9.97 Å². The molecule has 1 aliphatic heterocycles.